The number of carbonyl (C=O) groups excluding carboxylic acids is 2. The number of Topliss-reactive ketones (excluding diaryl/α,β-unsaturated/α-hetero) is 1. The van der Waals surface area contributed by atoms with Crippen LogP contribution in [0.25, 0.3) is 0 Å². The first kappa shape index (κ1) is 20.8. The summed E-state index contributed by atoms with van der Waals surface area (Å²) in [7, 11) is 0. The van der Waals surface area contributed by atoms with E-state index in [1.54, 1.807) is 0 Å². The van der Waals surface area contributed by atoms with Crippen LogP contribution in [0.4, 0.5) is 4.39 Å². The molecule has 0 radical (unpaired) electrons. The normalized spacial score (nSPS) is 29.0. The summed E-state index contributed by atoms with van der Waals surface area (Å²) in [6, 6.07) is 5.66. The molecular weight excluding hydrogens is 355 g/mol. The first-order chi connectivity index (χ1) is 11.9. The van der Waals surface area contributed by atoms with Crippen LogP contribution in [0.15, 0.2) is 24.3 Å². The van der Waals surface area contributed by atoms with Gasteiger partial charge in [-0.25, -0.2) is 4.39 Å². The zero-order valence-corrected chi connectivity index (χ0v) is 16.1. The Morgan fingerprint density at radius 3 is 2.50 bits per heavy atom. The second kappa shape index (κ2) is 8.49. The van der Waals surface area contributed by atoms with E-state index in [2.05, 4.69) is 0 Å². The molecule has 3 atom stereocenters. The molecule has 1 saturated heterocycles. The van der Waals surface area contributed by atoms with Crippen molar-refractivity contribution in [1.82, 2.24) is 4.90 Å². The molecule has 1 amide bonds. The summed E-state index contributed by atoms with van der Waals surface area (Å²) in [5.41, 5.74) is 6.44. The van der Waals surface area contributed by atoms with Crippen LogP contribution in [0.5, 0.6) is 0 Å². The molecule has 1 aliphatic carbocycles. The molecule has 1 aromatic carbocycles. The average Bonchev–Trinajstić information content (AvgIpc) is 2.61. The molecule has 0 bridgehead atoms. The van der Waals surface area contributed by atoms with Crippen molar-refractivity contribution < 1.29 is 14.0 Å². The van der Waals surface area contributed by atoms with E-state index in [-0.39, 0.29) is 41.8 Å². The number of piperidine rings is 1. The number of ketones is 1. The second-order valence-electron chi connectivity index (χ2n) is 7.80. The fourth-order valence-electron chi connectivity index (χ4n) is 4.23. The third-order valence-corrected chi connectivity index (χ3v) is 5.78. The highest BCUT2D eigenvalue weighted by molar-refractivity contribution is 5.98. The van der Waals surface area contributed by atoms with Crippen molar-refractivity contribution in [2.45, 2.75) is 51.0 Å². The van der Waals surface area contributed by atoms with Gasteiger partial charge in [-0.3, -0.25) is 9.59 Å². The highest BCUT2D eigenvalue weighted by Gasteiger charge is 2.41. The van der Waals surface area contributed by atoms with Crippen molar-refractivity contribution >= 4 is 24.1 Å². The lowest BCUT2D eigenvalue weighted by atomic mass is 9.73. The van der Waals surface area contributed by atoms with Gasteiger partial charge in [-0.05, 0) is 56.9 Å². The summed E-state index contributed by atoms with van der Waals surface area (Å²) >= 11 is 0. The molecule has 0 aromatic heterocycles. The molecule has 2 fully saturated rings. The Morgan fingerprint density at radius 1 is 1.15 bits per heavy atom. The maximum Gasteiger partial charge on any atom is 0.227 e. The third-order valence-electron chi connectivity index (χ3n) is 5.78. The zero-order valence-electron chi connectivity index (χ0n) is 15.2. The number of amides is 1. The Morgan fingerprint density at radius 2 is 1.85 bits per heavy atom. The summed E-state index contributed by atoms with van der Waals surface area (Å²) in [5.74, 6) is -0.619. The van der Waals surface area contributed by atoms with E-state index >= 15 is 0 Å². The number of rotatable bonds is 3. The first-order valence-corrected chi connectivity index (χ1v) is 9.26. The van der Waals surface area contributed by atoms with E-state index in [1.807, 2.05) is 11.8 Å². The van der Waals surface area contributed by atoms with E-state index in [0.29, 0.717) is 18.7 Å². The van der Waals surface area contributed by atoms with Gasteiger partial charge in [0.2, 0.25) is 5.91 Å². The van der Waals surface area contributed by atoms with Gasteiger partial charge in [0.25, 0.3) is 0 Å². The standard InChI is InChI=1S/C20H27FN2O2.ClH/c1-20(22)11-3-2-6-17(20)19(25)23-12-4-5-15(13-23)18(24)14-7-9-16(21)10-8-14;/h7-10,15,17H,2-6,11-13,22H2,1H3;1H. The van der Waals surface area contributed by atoms with Crippen LogP contribution in [0.1, 0.15) is 55.8 Å². The predicted octanol–water partition coefficient (Wildman–Crippen LogP) is 3.58. The van der Waals surface area contributed by atoms with E-state index < -0.39 is 5.54 Å². The lowest BCUT2D eigenvalue weighted by Crippen LogP contribution is -2.55. The predicted molar refractivity (Wildman–Crippen MR) is 102 cm³/mol. The summed E-state index contributed by atoms with van der Waals surface area (Å²) in [4.78, 5) is 27.5. The minimum Gasteiger partial charge on any atom is -0.342 e. The average molecular weight is 383 g/mol. The lowest BCUT2D eigenvalue weighted by molar-refractivity contribution is -0.140. The van der Waals surface area contributed by atoms with Gasteiger partial charge in [-0.15, -0.1) is 12.4 Å². The maximum absolute atomic E-state index is 13.1. The van der Waals surface area contributed by atoms with Gasteiger partial charge in [-0.1, -0.05) is 12.8 Å². The first-order valence-electron chi connectivity index (χ1n) is 9.26. The molecule has 1 aromatic rings. The van der Waals surface area contributed by atoms with Crippen LogP contribution in [-0.2, 0) is 4.79 Å². The molecular formula is C20H28ClFN2O2. The molecule has 6 heteroatoms. The lowest BCUT2D eigenvalue weighted by Gasteiger charge is -2.42. The number of hydrogen-bond acceptors (Lipinski definition) is 3. The van der Waals surface area contributed by atoms with Crippen LogP contribution in [-0.4, -0.2) is 35.2 Å². The Labute approximate surface area is 160 Å². The Bertz CT molecular complexity index is 648. The van der Waals surface area contributed by atoms with E-state index in [0.717, 1.165) is 38.5 Å². The third kappa shape index (κ3) is 4.44. The molecule has 1 saturated carbocycles. The smallest absolute Gasteiger partial charge is 0.227 e. The molecule has 26 heavy (non-hydrogen) atoms. The van der Waals surface area contributed by atoms with Crippen molar-refractivity contribution in [3.05, 3.63) is 35.6 Å². The van der Waals surface area contributed by atoms with Crippen molar-refractivity contribution in [1.29, 1.82) is 0 Å². The van der Waals surface area contributed by atoms with Gasteiger partial charge >= 0.3 is 0 Å². The Hall–Kier alpha value is -1.46. The quantitative estimate of drug-likeness (QED) is 0.813. The molecule has 3 unspecified atom stereocenters. The SMILES string of the molecule is CC1(N)CCCCC1C(=O)N1CCCC(C(=O)c2ccc(F)cc2)C1.Cl. The summed E-state index contributed by atoms with van der Waals surface area (Å²) < 4.78 is 13.1. The minimum atomic E-state index is -0.455. The van der Waals surface area contributed by atoms with Gasteiger partial charge in [0.1, 0.15) is 5.82 Å². The number of nitrogens with two attached hydrogens (primary N) is 1. The van der Waals surface area contributed by atoms with E-state index in [1.165, 1.54) is 24.3 Å². The molecule has 144 valence electrons. The summed E-state index contributed by atoms with van der Waals surface area (Å²) in [6.45, 7) is 3.11. The van der Waals surface area contributed by atoms with Gasteiger partial charge in [-0.2, -0.15) is 0 Å². The zero-order chi connectivity index (χ0) is 18.0. The molecule has 3 rings (SSSR count). The van der Waals surface area contributed by atoms with Crippen LogP contribution in [0.3, 0.4) is 0 Å². The van der Waals surface area contributed by atoms with E-state index in [9.17, 15) is 14.0 Å². The monoisotopic (exact) mass is 382 g/mol. The van der Waals surface area contributed by atoms with Crippen molar-refractivity contribution in [3.8, 4) is 0 Å². The van der Waals surface area contributed by atoms with Crippen LogP contribution in [0.2, 0.25) is 0 Å². The maximum atomic E-state index is 13.1. The summed E-state index contributed by atoms with van der Waals surface area (Å²) in [5, 5.41) is 0. The van der Waals surface area contributed by atoms with Crippen LogP contribution in [0, 0.1) is 17.7 Å². The number of likely N-dealkylation sites (tertiary alicyclic amines) is 1. The van der Waals surface area contributed by atoms with Crippen molar-refractivity contribution in [3.63, 3.8) is 0 Å². The number of hydrogen-bond donors (Lipinski definition) is 1. The highest BCUT2D eigenvalue weighted by atomic mass is 35.5. The topological polar surface area (TPSA) is 63.4 Å². The number of benzene rings is 1. The van der Waals surface area contributed by atoms with Crippen LogP contribution < -0.4 is 5.73 Å². The van der Waals surface area contributed by atoms with E-state index in [4.69, 9.17) is 5.73 Å². The summed E-state index contributed by atoms with van der Waals surface area (Å²) in [6.07, 6.45) is 5.40. The number of carbonyl (C=O) groups is 2. The number of nitrogens with zero attached hydrogens (tertiary/aromatic N) is 1. The Balaban J connectivity index is 0.00000243. The molecule has 2 aliphatic rings. The largest absolute Gasteiger partial charge is 0.342 e. The fraction of sp³-hybridized carbons (Fsp3) is 0.600. The molecule has 1 heterocycles. The van der Waals surface area contributed by atoms with Gasteiger partial charge < -0.3 is 10.6 Å². The van der Waals surface area contributed by atoms with Gasteiger partial charge in [0, 0.05) is 30.1 Å². The fourth-order valence-corrected chi connectivity index (χ4v) is 4.23. The molecule has 1 aliphatic heterocycles. The van der Waals surface area contributed by atoms with Gasteiger partial charge in [0.15, 0.2) is 5.78 Å². The molecule has 0 spiro atoms. The van der Waals surface area contributed by atoms with Crippen molar-refractivity contribution in [2.24, 2.45) is 17.6 Å². The highest BCUT2D eigenvalue weighted by Crippen LogP contribution is 2.34. The van der Waals surface area contributed by atoms with Crippen molar-refractivity contribution in [2.75, 3.05) is 13.1 Å². The number of halogens is 2. The van der Waals surface area contributed by atoms with Crippen LogP contribution >= 0.6 is 12.4 Å². The Kier molecular flexibility index (Phi) is 6.80. The second-order valence-corrected chi connectivity index (χ2v) is 7.80. The van der Waals surface area contributed by atoms with Gasteiger partial charge in [0.05, 0.1) is 5.92 Å². The molecule has 4 nitrogen and oxygen atoms in total. The minimum absolute atomic E-state index is 0. The molecule has 2 N–H and O–H groups in total.